The topological polar surface area (TPSA) is 105 Å². The second kappa shape index (κ2) is 8.51. The van der Waals surface area contributed by atoms with Crippen molar-refractivity contribution >= 4 is 11.6 Å². The number of H-pyrrole nitrogens is 1. The fourth-order valence-electron chi connectivity index (χ4n) is 3.42. The van der Waals surface area contributed by atoms with E-state index in [1.165, 1.54) is 12.3 Å². The molecule has 4 aromatic rings. The second-order valence-corrected chi connectivity index (χ2v) is 7.88. The highest BCUT2D eigenvalue weighted by Crippen LogP contribution is 2.19. The van der Waals surface area contributed by atoms with Crippen LogP contribution in [-0.2, 0) is 6.42 Å². The van der Waals surface area contributed by atoms with Crippen LogP contribution in [0.2, 0.25) is 0 Å². The Morgan fingerprint density at radius 2 is 1.97 bits per heavy atom. The number of benzene rings is 1. The maximum absolute atomic E-state index is 13.1. The minimum Gasteiger partial charge on any atom is -0.345 e. The number of fused-ring (bicyclic) bond motifs is 1. The van der Waals surface area contributed by atoms with Gasteiger partial charge in [-0.05, 0) is 18.1 Å². The first-order chi connectivity index (χ1) is 14.9. The number of carbonyl (C=O) groups excluding carboxylic acids is 1. The predicted octanol–water partition coefficient (Wildman–Crippen LogP) is 2.96. The Morgan fingerprint density at radius 1 is 1.19 bits per heavy atom. The molecule has 31 heavy (non-hydrogen) atoms. The van der Waals surface area contributed by atoms with E-state index < -0.39 is 0 Å². The maximum atomic E-state index is 13.1. The van der Waals surface area contributed by atoms with Crippen LogP contribution in [0.5, 0.6) is 0 Å². The molecule has 0 saturated heterocycles. The summed E-state index contributed by atoms with van der Waals surface area (Å²) in [5.41, 5.74) is 3.17. The fourth-order valence-corrected chi connectivity index (χ4v) is 3.42. The SMILES string of the molecule is Cc1cnc2c(C(=O)N[C@@H](Cc3cc(=O)[nH]c(C(C)C)n3)c3ccccc3)cnn2c1. The minimum absolute atomic E-state index is 0.0886. The van der Waals surface area contributed by atoms with Crippen LogP contribution in [0.25, 0.3) is 5.65 Å². The first kappa shape index (κ1) is 20.5. The van der Waals surface area contributed by atoms with E-state index in [2.05, 4.69) is 25.4 Å². The minimum atomic E-state index is -0.372. The molecule has 1 amide bonds. The van der Waals surface area contributed by atoms with Crippen molar-refractivity contribution in [1.29, 1.82) is 0 Å². The molecular weight excluding hydrogens is 392 g/mol. The van der Waals surface area contributed by atoms with Gasteiger partial charge in [0, 0.05) is 30.8 Å². The van der Waals surface area contributed by atoms with Gasteiger partial charge in [-0.2, -0.15) is 5.10 Å². The highest BCUT2D eigenvalue weighted by atomic mass is 16.1. The third-order valence-corrected chi connectivity index (χ3v) is 5.01. The molecule has 4 rings (SSSR count). The summed E-state index contributed by atoms with van der Waals surface area (Å²) < 4.78 is 1.59. The molecule has 3 heterocycles. The Morgan fingerprint density at radius 3 is 2.71 bits per heavy atom. The van der Waals surface area contributed by atoms with Crippen LogP contribution in [0.1, 0.15) is 58.8 Å². The predicted molar refractivity (Wildman–Crippen MR) is 117 cm³/mol. The van der Waals surface area contributed by atoms with Gasteiger partial charge in [-0.3, -0.25) is 9.59 Å². The van der Waals surface area contributed by atoms with Crippen molar-refractivity contribution in [1.82, 2.24) is 29.9 Å². The summed E-state index contributed by atoms with van der Waals surface area (Å²) in [7, 11) is 0. The molecule has 158 valence electrons. The summed E-state index contributed by atoms with van der Waals surface area (Å²) in [6.45, 7) is 5.86. The number of hydrogen-bond acceptors (Lipinski definition) is 5. The van der Waals surface area contributed by atoms with Crippen molar-refractivity contribution in [3.05, 3.63) is 93.6 Å². The van der Waals surface area contributed by atoms with E-state index in [0.717, 1.165) is 11.1 Å². The van der Waals surface area contributed by atoms with E-state index in [1.807, 2.05) is 57.3 Å². The van der Waals surface area contributed by atoms with E-state index in [-0.39, 0.29) is 23.4 Å². The lowest BCUT2D eigenvalue weighted by Crippen LogP contribution is -2.30. The first-order valence-corrected chi connectivity index (χ1v) is 10.2. The fraction of sp³-hybridized carbons (Fsp3) is 0.261. The molecule has 0 radical (unpaired) electrons. The highest BCUT2D eigenvalue weighted by molar-refractivity contribution is 5.99. The molecule has 2 N–H and O–H groups in total. The molecule has 0 fully saturated rings. The number of amides is 1. The Balaban J connectivity index is 1.66. The molecule has 0 aliphatic rings. The van der Waals surface area contributed by atoms with E-state index in [4.69, 9.17) is 0 Å². The lowest BCUT2D eigenvalue weighted by Gasteiger charge is -2.19. The van der Waals surface area contributed by atoms with Crippen LogP contribution in [-0.4, -0.2) is 30.5 Å². The van der Waals surface area contributed by atoms with Crippen molar-refractivity contribution in [2.24, 2.45) is 0 Å². The molecule has 8 heteroatoms. The van der Waals surface area contributed by atoms with Crippen LogP contribution < -0.4 is 10.9 Å². The molecule has 0 bridgehead atoms. The molecular formula is C23H24N6O2. The molecule has 0 aliphatic carbocycles. The molecule has 0 aliphatic heterocycles. The largest absolute Gasteiger partial charge is 0.345 e. The monoisotopic (exact) mass is 416 g/mol. The summed E-state index contributed by atoms with van der Waals surface area (Å²) in [5, 5.41) is 7.32. The van der Waals surface area contributed by atoms with Gasteiger partial charge in [0.25, 0.3) is 11.5 Å². The summed E-state index contributed by atoms with van der Waals surface area (Å²) in [6.07, 6.45) is 5.42. The average molecular weight is 416 g/mol. The number of carbonyl (C=O) groups is 1. The van der Waals surface area contributed by atoms with Crippen molar-refractivity contribution in [2.75, 3.05) is 0 Å². The first-order valence-electron chi connectivity index (χ1n) is 10.2. The van der Waals surface area contributed by atoms with Gasteiger partial charge < -0.3 is 10.3 Å². The van der Waals surface area contributed by atoms with Gasteiger partial charge in [0.2, 0.25) is 0 Å². The molecule has 0 spiro atoms. The zero-order valence-corrected chi connectivity index (χ0v) is 17.7. The number of aromatic nitrogens is 5. The zero-order valence-electron chi connectivity index (χ0n) is 17.7. The van der Waals surface area contributed by atoms with Gasteiger partial charge >= 0.3 is 0 Å². The third-order valence-electron chi connectivity index (χ3n) is 5.01. The quantitative estimate of drug-likeness (QED) is 0.503. The number of rotatable bonds is 6. The second-order valence-electron chi connectivity index (χ2n) is 7.88. The number of nitrogens with one attached hydrogen (secondary N) is 2. The molecule has 3 aromatic heterocycles. The number of aromatic amines is 1. The van der Waals surface area contributed by atoms with Gasteiger partial charge in [-0.25, -0.2) is 14.5 Å². The van der Waals surface area contributed by atoms with Crippen molar-refractivity contribution in [3.8, 4) is 0 Å². The molecule has 8 nitrogen and oxygen atoms in total. The smallest absolute Gasteiger partial charge is 0.257 e. The summed E-state index contributed by atoms with van der Waals surface area (Å²) in [4.78, 5) is 37.0. The number of aryl methyl sites for hydroxylation is 1. The Labute approximate surface area is 179 Å². The normalized spacial score (nSPS) is 12.3. The van der Waals surface area contributed by atoms with Crippen LogP contribution in [0.3, 0.4) is 0 Å². The summed E-state index contributed by atoms with van der Waals surface area (Å²) in [6, 6.07) is 10.7. The lowest BCUT2D eigenvalue weighted by atomic mass is 10.0. The Bertz CT molecular complexity index is 1280. The van der Waals surface area contributed by atoms with Crippen molar-refractivity contribution in [3.63, 3.8) is 0 Å². The van der Waals surface area contributed by atoms with Crippen LogP contribution in [0.15, 0.2) is 59.8 Å². The average Bonchev–Trinajstić information content (AvgIpc) is 3.16. The molecule has 0 unspecified atom stereocenters. The van der Waals surface area contributed by atoms with Gasteiger partial charge in [0.05, 0.1) is 17.9 Å². The van der Waals surface area contributed by atoms with Gasteiger partial charge in [0.1, 0.15) is 11.4 Å². The number of hydrogen-bond donors (Lipinski definition) is 2. The van der Waals surface area contributed by atoms with Gasteiger partial charge in [0.15, 0.2) is 5.65 Å². The Hall–Kier alpha value is -3.81. The van der Waals surface area contributed by atoms with E-state index in [9.17, 15) is 9.59 Å². The zero-order chi connectivity index (χ0) is 22.0. The summed E-state index contributed by atoms with van der Waals surface area (Å²) in [5.74, 6) is 0.433. The molecule has 0 saturated carbocycles. The third kappa shape index (κ3) is 4.53. The lowest BCUT2D eigenvalue weighted by molar-refractivity contribution is 0.0937. The molecule has 1 atom stereocenters. The van der Waals surface area contributed by atoms with Crippen LogP contribution in [0.4, 0.5) is 0 Å². The van der Waals surface area contributed by atoms with Crippen LogP contribution >= 0.6 is 0 Å². The van der Waals surface area contributed by atoms with Gasteiger partial charge in [-0.15, -0.1) is 0 Å². The number of nitrogens with zero attached hydrogens (tertiary/aromatic N) is 4. The van der Waals surface area contributed by atoms with E-state index >= 15 is 0 Å². The van der Waals surface area contributed by atoms with Crippen LogP contribution in [0, 0.1) is 6.92 Å². The highest BCUT2D eigenvalue weighted by Gasteiger charge is 2.21. The maximum Gasteiger partial charge on any atom is 0.257 e. The Kier molecular flexibility index (Phi) is 5.62. The summed E-state index contributed by atoms with van der Waals surface area (Å²) >= 11 is 0. The van der Waals surface area contributed by atoms with Gasteiger partial charge in [-0.1, -0.05) is 44.2 Å². The van der Waals surface area contributed by atoms with E-state index in [1.54, 1.807) is 10.7 Å². The van der Waals surface area contributed by atoms with E-state index in [0.29, 0.717) is 29.1 Å². The standard InChI is InChI=1S/C23H24N6O2/c1-14(2)21-26-17(10-20(30)28-21)9-19(16-7-5-4-6-8-16)27-23(31)18-12-25-29-13-15(3)11-24-22(18)29/h4-8,10-14,19H,9H2,1-3H3,(H,27,31)(H,26,28,30)/t19-/m0/s1. The van der Waals surface area contributed by atoms with Crippen molar-refractivity contribution < 1.29 is 4.79 Å². The van der Waals surface area contributed by atoms with Crippen molar-refractivity contribution in [2.45, 2.75) is 39.2 Å². The molecule has 1 aromatic carbocycles.